The number of nitro benzene ring substituents is 1. The van der Waals surface area contributed by atoms with Crippen LogP contribution in [-0.2, 0) is 13.0 Å². The Morgan fingerprint density at radius 3 is 2.72 bits per heavy atom. The summed E-state index contributed by atoms with van der Waals surface area (Å²) in [6, 6.07) is 14.0. The fourth-order valence-electron chi connectivity index (χ4n) is 3.89. The van der Waals surface area contributed by atoms with Crippen molar-refractivity contribution in [2.45, 2.75) is 26.4 Å². The van der Waals surface area contributed by atoms with E-state index in [0.29, 0.717) is 34.3 Å². The first kappa shape index (κ1) is 27.5. The molecule has 0 saturated heterocycles. The van der Waals surface area contributed by atoms with Crippen molar-refractivity contribution >= 4 is 44.7 Å². The molecule has 12 heteroatoms. The maximum atomic E-state index is 13.2. The van der Waals surface area contributed by atoms with E-state index in [9.17, 15) is 24.8 Å². The van der Waals surface area contributed by atoms with Crippen LogP contribution in [-0.4, -0.2) is 39.0 Å². The molecule has 0 radical (unpaired) electrons. The van der Waals surface area contributed by atoms with Crippen LogP contribution in [0.15, 0.2) is 69.0 Å². The zero-order valence-corrected chi connectivity index (χ0v) is 22.5. The Kier molecular flexibility index (Phi) is 8.35. The van der Waals surface area contributed by atoms with Crippen LogP contribution in [0.5, 0.6) is 11.5 Å². The molecule has 0 aliphatic rings. The van der Waals surface area contributed by atoms with Crippen molar-refractivity contribution in [3.05, 3.63) is 102 Å². The molecule has 0 aliphatic carbocycles. The standard InChI is InChI=1S/C27H23BrN4O7/c1-3-5-24-30-21-9-8-19(28)13-20(21)26(33)31(24)29-14-17-11-22(32(36)37)25(23(12-17)38-2)39-15-16-6-4-7-18(10-16)27(34)35/h4,6-14H,3,5,15H2,1-2H3,(H,34,35). The van der Waals surface area contributed by atoms with Gasteiger partial charge in [0.15, 0.2) is 5.75 Å². The van der Waals surface area contributed by atoms with Crippen LogP contribution in [0.4, 0.5) is 5.69 Å². The highest BCUT2D eigenvalue weighted by molar-refractivity contribution is 9.10. The summed E-state index contributed by atoms with van der Waals surface area (Å²) < 4.78 is 13.0. The molecule has 4 aromatic rings. The van der Waals surface area contributed by atoms with Crippen LogP contribution < -0.4 is 15.0 Å². The normalized spacial score (nSPS) is 11.2. The second-order valence-corrected chi connectivity index (χ2v) is 9.34. The molecule has 0 bridgehead atoms. The van der Waals surface area contributed by atoms with Crippen molar-refractivity contribution in [3.8, 4) is 11.5 Å². The predicted molar refractivity (Wildman–Crippen MR) is 148 cm³/mol. The number of ether oxygens (including phenoxy) is 2. The quantitative estimate of drug-likeness (QED) is 0.150. The Bertz CT molecular complexity index is 1670. The number of nitrogens with zero attached hydrogens (tertiary/aromatic N) is 4. The lowest BCUT2D eigenvalue weighted by atomic mass is 10.1. The number of rotatable bonds is 10. The Balaban J connectivity index is 1.72. The minimum absolute atomic E-state index is 0.0670. The second-order valence-electron chi connectivity index (χ2n) is 8.42. The van der Waals surface area contributed by atoms with Gasteiger partial charge in [-0.05, 0) is 48.4 Å². The molecule has 11 nitrogen and oxygen atoms in total. The van der Waals surface area contributed by atoms with Gasteiger partial charge >= 0.3 is 11.7 Å². The van der Waals surface area contributed by atoms with E-state index in [1.807, 2.05) is 6.92 Å². The number of nitro groups is 1. The van der Waals surface area contributed by atoms with Crippen molar-refractivity contribution in [1.82, 2.24) is 9.66 Å². The lowest BCUT2D eigenvalue weighted by Gasteiger charge is -2.12. The molecule has 200 valence electrons. The van der Waals surface area contributed by atoms with Crippen LogP contribution in [0.25, 0.3) is 10.9 Å². The first-order chi connectivity index (χ1) is 18.7. The zero-order valence-electron chi connectivity index (χ0n) is 21.0. The summed E-state index contributed by atoms with van der Waals surface area (Å²) in [5.74, 6) is -0.693. The Hall–Kier alpha value is -4.58. The topological polar surface area (TPSA) is 146 Å². The average molecular weight is 595 g/mol. The van der Waals surface area contributed by atoms with Gasteiger partial charge in [-0.2, -0.15) is 9.78 Å². The Morgan fingerprint density at radius 2 is 2.03 bits per heavy atom. The maximum absolute atomic E-state index is 13.2. The van der Waals surface area contributed by atoms with Gasteiger partial charge in [0, 0.05) is 22.5 Å². The average Bonchev–Trinajstić information content (AvgIpc) is 2.92. The van der Waals surface area contributed by atoms with E-state index in [1.165, 1.54) is 42.3 Å². The van der Waals surface area contributed by atoms with Gasteiger partial charge in [0.25, 0.3) is 5.56 Å². The fraction of sp³-hybridized carbons (Fsp3) is 0.185. The molecule has 0 unspecified atom stereocenters. The van der Waals surface area contributed by atoms with Gasteiger partial charge in [0.2, 0.25) is 5.75 Å². The van der Waals surface area contributed by atoms with Gasteiger partial charge in [0.1, 0.15) is 12.4 Å². The van der Waals surface area contributed by atoms with Crippen LogP contribution in [0.1, 0.15) is 40.7 Å². The summed E-state index contributed by atoms with van der Waals surface area (Å²) in [5.41, 5.74) is 0.665. The van der Waals surface area contributed by atoms with E-state index in [0.717, 1.165) is 10.9 Å². The Labute approximate surface area is 230 Å². The molecule has 0 spiro atoms. The monoisotopic (exact) mass is 594 g/mol. The third-order valence-electron chi connectivity index (χ3n) is 5.70. The number of hydrogen-bond donors (Lipinski definition) is 1. The Morgan fingerprint density at radius 1 is 1.23 bits per heavy atom. The molecule has 1 heterocycles. The SMILES string of the molecule is CCCc1nc2ccc(Br)cc2c(=O)n1N=Cc1cc(OC)c(OCc2cccc(C(=O)O)c2)c([N+](=O)[O-])c1. The molecular weight excluding hydrogens is 572 g/mol. The molecule has 4 rings (SSSR count). The number of carboxylic acids is 1. The van der Waals surface area contributed by atoms with Gasteiger partial charge in [-0.1, -0.05) is 35.0 Å². The summed E-state index contributed by atoms with van der Waals surface area (Å²) in [6.45, 7) is 1.83. The highest BCUT2D eigenvalue weighted by atomic mass is 79.9. The predicted octanol–water partition coefficient (Wildman–Crippen LogP) is 5.19. The van der Waals surface area contributed by atoms with E-state index >= 15 is 0 Å². The van der Waals surface area contributed by atoms with Gasteiger partial charge < -0.3 is 14.6 Å². The lowest BCUT2D eigenvalue weighted by molar-refractivity contribution is -0.386. The maximum Gasteiger partial charge on any atom is 0.335 e. The minimum atomic E-state index is -1.10. The molecule has 3 aromatic carbocycles. The van der Waals surface area contributed by atoms with Crippen molar-refractivity contribution in [3.63, 3.8) is 0 Å². The summed E-state index contributed by atoms with van der Waals surface area (Å²) in [7, 11) is 1.34. The highest BCUT2D eigenvalue weighted by Gasteiger charge is 2.22. The molecule has 0 amide bonds. The molecule has 0 saturated carbocycles. The minimum Gasteiger partial charge on any atom is -0.493 e. The summed E-state index contributed by atoms with van der Waals surface area (Å²) >= 11 is 3.37. The van der Waals surface area contributed by atoms with E-state index < -0.39 is 10.9 Å². The molecule has 0 aliphatic heterocycles. The highest BCUT2D eigenvalue weighted by Crippen LogP contribution is 2.38. The number of hydrogen-bond acceptors (Lipinski definition) is 8. The van der Waals surface area contributed by atoms with E-state index in [-0.39, 0.29) is 34.9 Å². The molecular formula is C27H23BrN4O7. The van der Waals surface area contributed by atoms with Crippen molar-refractivity contribution in [2.24, 2.45) is 5.10 Å². The number of halogens is 1. The van der Waals surface area contributed by atoms with Crippen LogP contribution in [0.3, 0.4) is 0 Å². The van der Waals surface area contributed by atoms with Crippen molar-refractivity contribution in [2.75, 3.05) is 7.11 Å². The number of methoxy groups -OCH3 is 1. The smallest absolute Gasteiger partial charge is 0.335 e. The number of carboxylic acid groups (broad SMARTS) is 1. The van der Waals surface area contributed by atoms with Crippen LogP contribution in [0, 0.1) is 10.1 Å². The number of carbonyl (C=O) groups is 1. The number of aromatic carboxylic acids is 1. The van der Waals surface area contributed by atoms with E-state index in [2.05, 4.69) is 26.0 Å². The van der Waals surface area contributed by atoms with Crippen molar-refractivity contribution in [1.29, 1.82) is 0 Å². The van der Waals surface area contributed by atoms with E-state index in [1.54, 1.807) is 30.3 Å². The molecule has 0 atom stereocenters. The molecule has 1 aromatic heterocycles. The summed E-state index contributed by atoms with van der Waals surface area (Å²) in [5, 5.41) is 25.8. The zero-order chi connectivity index (χ0) is 28.1. The first-order valence-electron chi connectivity index (χ1n) is 11.8. The van der Waals surface area contributed by atoms with Gasteiger partial charge in [-0.25, -0.2) is 9.78 Å². The number of fused-ring (bicyclic) bond motifs is 1. The largest absolute Gasteiger partial charge is 0.493 e. The van der Waals surface area contributed by atoms with Gasteiger partial charge in [-0.15, -0.1) is 0 Å². The van der Waals surface area contributed by atoms with E-state index in [4.69, 9.17) is 9.47 Å². The van der Waals surface area contributed by atoms with Gasteiger partial charge in [0.05, 0.1) is 34.7 Å². The number of aryl methyl sites for hydroxylation is 1. The second kappa shape index (κ2) is 11.9. The number of aromatic nitrogens is 2. The third-order valence-corrected chi connectivity index (χ3v) is 6.20. The number of benzene rings is 3. The van der Waals surface area contributed by atoms with Gasteiger partial charge in [-0.3, -0.25) is 14.9 Å². The van der Waals surface area contributed by atoms with Crippen molar-refractivity contribution < 1.29 is 24.3 Å². The molecule has 0 fully saturated rings. The lowest BCUT2D eigenvalue weighted by Crippen LogP contribution is -2.22. The molecule has 39 heavy (non-hydrogen) atoms. The van der Waals surface area contributed by atoms with Crippen LogP contribution >= 0.6 is 15.9 Å². The molecule has 1 N–H and O–H groups in total. The van der Waals surface area contributed by atoms with Crippen LogP contribution in [0.2, 0.25) is 0 Å². The summed E-state index contributed by atoms with van der Waals surface area (Å²) in [4.78, 5) is 40.4. The third kappa shape index (κ3) is 6.12. The fourth-order valence-corrected chi connectivity index (χ4v) is 4.25. The summed E-state index contributed by atoms with van der Waals surface area (Å²) in [6.07, 6.45) is 2.55. The first-order valence-corrected chi connectivity index (χ1v) is 12.6.